The topological polar surface area (TPSA) is 108 Å². The summed E-state index contributed by atoms with van der Waals surface area (Å²) in [6.45, 7) is 1.98. The van der Waals surface area contributed by atoms with Gasteiger partial charge in [0.1, 0.15) is 5.75 Å². The zero-order valence-electron chi connectivity index (χ0n) is 18.3. The molecule has 1 fully saturated rings. The van der Waals surface area contributed by atoms with Crippen molar-refractivity contribution in [2.75, 3.05) is 19.4 Å². The first-order valence-corrected chi connectivity index (χ1v) is 12.0. The van der Waals surface area contributed by atoms with Gasteiger partial charge < -0.3 is 25.4 Å². The molecule has 32 heavy (non-hydrogen) atoms. The molecule has 8 nitrogen and oxygen atoms in total. The lowest BCUT2D eigenvalue weighted by Gasteiger charge is -2.39. The van der Waals surface area contributed by atoms with E-state index in [1.807, 2.05) is 40.9 Å². The molecule has 9 heteroatoms. The highest BCUT2D eigenvalue weighted by Gasteiger charge is 2.50. The predicted molar refractivity (Wildman–Crippen MR) is 121 cm³/mol. The fraction of sp³-hybridized carbons (Fsp3) is 0.522. The maximum Gasteiger partial charge on any atom is 0.303 e. The number of carboxylic acids is 1. The lowest BCUT2D eigenvalue weighted by molar-refractivity contribution is -0.137. The molecule has 3 aliphatic rings. The van der Waals surface area contributed by atoms with Crippen LogP contribution in [0.5, 0.6) is 5.75 Å². The summed E-state index contributed by atoms with van der Waals surface area (Å²) in [6.07, 6.45) is 2.37. The molecular formula is C23H29N3O5S. The third-order valence-electron chi connectivity index (χ3n) is 6.44. The number of hydrogen-bond donors (Lipinski definition) is 3. The number of carboxylic acid groups (broad SMARTS) is 1. The summed E-state index contributed by atoms with van der Waals surface area (Å²) in [5, 5.41) is 15.6. The number of unbranched alkanes of at least 4 members (excludes halogenated alkanes) is 1. The van der Waals surface area contributed by atoms with Gasteiger partial charge in [0.25, 0.3) is 5.91 Å². The summed E-state index contributed by atoms with van der Waals surface area (Å²) in [5.41, 5.74) is 2.21. The van der Waals surface area contributed by atoms with Gasteiger partial charge in [-0.3, -0.25) is 14.4 Å². The highest BCUT2D eigenvalue weighted by atomic mass is 32.2. The minimum absolute atomic E-state index is 0.0192. The highest BCUT2D eigenvalue weighted by Crippen LogP contribution is 2.46. The fourth-order valence-electron chi connectivity index (χ4n) is 5.10. The van der Waals surface area contributed by atoms with Gasteiger partial charge in [-0.25, -0.2) is 0 Å². The normalized spacial score (nSPS) is 26.7. The second-order valence-corrected chi connectivity index (χ2v) is 9.67. The third kappa shape index (κ3) is 4.18. The molecule has 1 aromatic rings. The van der Waals surface area contributed by atoms with Crippen LogP contribution in [0.25, 0.3) is 0 Å². The Labute approximate surface area is 191 Å². The molecular weight excluding hydrogens is 430 g/mol. The summed E-state index contributed by atoms with van der Waals surface area (Å²) in [4.78, 5) is 38.8. The minimum atomic E-state index is -0.786. The van der Waals surface area contributed by atoms with E-state index in [9.17, 15) is 14.4 Å². The fourth-order valence-corrected chi connectivity index (χ4v) is 6.68. The molecule has 2 amide bonds. The van der Waals surface area contributed by atoms with Crippen molar-refractivity contribution in [2.45, 2.75) is 56.0 Å². The average Bonchev–Trinajstić information content (AvgIpc) is 3.28. The van der Waals surface area contributed by atoms with Gasteiger partial charge in [-0.05, 0) is 18.9 Å². The number of amides is 2. The first-order chi connectivity index (χ1) is 15.4. The Hall–Kier alpha value is -2.68. The zero-order chi connectivity index (χ0) is 22.8. The third-order valence-corrected chi connectivity index (χ3v) is 7.93. The van der Waals surface area contributed by atoms with Crippen LogP contribution in [0.4, 0.5) is 0 Å². The van der Waals surface area contributed by atoms with Gasteiger partial charge in [0.2, 0.25) is 5.91 Å². The van der Waals surface area contributed by atoms with Gasteiger partial charge in [0, 0.05) is 35.6 Å². The number of methoxy groups -OCH3 is 1. The molecule has 0 bridgehead atoms. The van der Waals surface area contributed by atoms with E-state index in [0.717, 1.165) is 29.9 Å². The Morgan fingerprint density at radius 2 is 2.06 bits per heavy atom. The summed E-state index contributed by atoms with van der Waals surface area (Å²) < 4.78 is 5.62. The lowest BCUT2D eigenvalue weighted by Crippen LogP contribution is -2.53. The van der Waals surface area contributed by atoms with Gasteiger partial charge in [0.15, 0.2) is 0 Å². The standard InChI is InChI=1S/C23H29N3O5S/c1-13(27)26-21(14-7-3-4-8-17(14)31-2)20-15(11-24-23(20)30)25-16-12-32-18(22(16)26)9-5-6-10-19(28)29/h3-4,7-8,16,18,21-22,25H,5-6,9-12H2,1-2H3,(H,24,30)(H,28,29). The lowest BCUT2D eigenvalue weighted by atomic mass is 9.92. The number of carbonyl (C=O) groups excluding carboxylic acids is 2. The van der Waals surface area contributed by atoms with E-state index in [2.05, 4.69) is 10.6 Å². The first-order valence-electron chi connectivity index (χ1n) is 10.9. The summed E-state index contributed by atoms with van der Waals surface area (Å²) in [7, 11) is 1.59. The SMILES string of the molecule is COc1ccccc1C1C2=C(CNC2=O)NC2CSC(CCCCC(=O)O)C2N1C(C)=O. The van der Waals surface area contributed by atoms with E-state index in [1.165, 1.54) is 0 Å². The van der Waals surface area contributed by atoms with Crippen LogP contribution in [-0.4, -0.2) is 64.5 Å². The summed E-state index contributed by atoms with van der Waals surface area (Å²) >= 11 is 1.82. The molecule has 1 saturated heterocycles. The smallest absolute Gasteiger partial charge is 0.303 e. The van der Waals surface area contributed by atoms with E-state index >= 15 is 0 Å². The van der Waals surface area contributed by atoms with Crippen LogP contribution in [0.2, 0.25) is 0 Å². The number of thioether (sulfide) groups is 1. The van der Waals surface area contributed by atoms with Crippen molar-refractivity contribution in [3.05, 3.63) is 41.1 Å². The number of nitrogens with one attached hydrogen (secondary N) is 2. The number of fused-ring (bicyclic) bond motifs is 1. The van der Waals surface area contributed by atoms with Crippen molar-refractivity contribution >= 4 is 29.5 Å². The second kappa shape index (κ2) is 9.44. The molecule has 172 valence electrons. The number of ether oxygens (including phenoxy) is 1. The van der Waals surface area contributed by atoms with Crippen molar-refractivity contribution in [3.63, 3.8) is 0 Å². The number of benzene rings is 1. The number of aliphatic carboxylic acids is 1. The number of carbonyl (C=O) groups is 3. The van der Waals surface area contributed by atoms with Gasteiger partial charge in [-0.2, -0.15) is 11.8 Å². The minimum Gasteiger partial charge on any atom is -0.496 e. The zero-order valence-corrected chi connectivity index (χ0v) is 19.1. The Balaban J connectivity index is 1.74. The number of para-hydroxylation sites is 1. The molecule has 3 N–H and O–H groups in total. The first kappa shape index (κ1) is 22.5. The highest BCUT2D eigenvalue weighted by molar-refractivity contribution is 8.00. The summed E-state index contributed by atoms with van der Waals surface area (Å²) in [5.74, 6) is 0.412. The van der Waals surface area contributed by atoms with Gasteiger partial charge in [0.05, 0.1) is 37.4 Å². The molecule has 4 atom stereocenters. The Kier molecular flexibility index (Phi) is 6.64. The number of rotatable bonds is 7. The van der Waals surface area contributed by atoms with Crippen LogP contribution in [0, 0.1) is 0 Å². The van der Waals surface area contributed by atoms with Crippen molar-refractivity contribution in [3.8, 4) is 5.75 Å². The van der Waals surface area contributed by atoms with E-state index in [-0.39, 0.29) is 35.6 Å². The molecule has 0 radical (unpaired) electrons. The van der Waals surface area contributed by atoms with Crippen molar-refractivity contribution in [1.82, 2.24) is 15.5 Å². The monoisotopic (exact) mass is 459 g/mol. The van der Waals surface area contributed by atoms with Gasteiger partial charge in [-0.1, -0.05) is 24.6 Å². The van der Waals surface area contributed by atoms with Crippen molar-refractivity contribution < 1.29 is 24.2 Å². The number of hydrogen-bond acceptors (Lipinski definition) is 6. The molecule has 1 aromatic carbocycles. The molecule has 4 unspecified atom stereocenters. The van der Waals surface area contributed by atoms with Crippen LogP contribution in [0.1, 0.15) is 44.2 Å². The van der Waals surface area contributed by atoms with E-state index in [0.29, 0.717) is 24.3 Å². The van der Waals surface area contributed by atoms with Crippen molar-refractivity contribution in [2.24, 2.45) is 0 Å². The van der Waals surface area contributed by atoms with Crippen LogP contribution >= 0.6 is 11.8 Å². The van der Waals surface area contributed by atoms with Gasteiger partial charge >= 0.3 is 5.97 Å². The Morgan fingerprint density at radius 1 is 1.28 bits per heavy atom. The maximum absolute atomic E-state index is 13.2. The van der Waals surface area contributed by atoms with Gasteiger partial charge in [-0.15, -0.1) is 0 Å². The van der Waals surface area contributed by atoms with E-state index in [4.69, 9.17) is 9.84 Å². The molecule has 3 aliphatic heterocycles. The van der Waals surface area contributed by atoms with Crippen LogP contribution in [-0.2, 0) is 14.4 Å². The molecule has 0 saturated carbocycles. The molecule has 3 heterocycles. The Morgan fingerprint density at radius 3 is 2.78 bits per heavy atom. The van der Waals surface area contributed by atoms with Crippen molar-refractivity contribution in [1.29, 1.82) is 0 Å². The predicted octanol–water partition coefficient (Wildman–Crippen LogP) is 2.07. The Bertz CT molecular complexity index is 949. The molecule has 4 rings (SSSR count). The largest absolute Gasteiger partial charge is 0.496 e. The van der Waals surface area contributed by atoms with Crippen LogP contribution < -0.4 is 15.4 Å². The summed E-state index contributed by atoms with van der Waals surface area (Å²) in [6, 6.07) is 6.89. The van der Waals surface area contributed by atoms with E-state index in [1.54, 1.807) is 14.0 Å². The molecule has 0 aromatic heterocycles. The van der Waals surface area contributed by atoms with Crippen LogP contribution in [0.15, 0.2) is 35.5 Å². The molecule has 0 spiro atoms. The van der Waals surface area contributed by atoms with Crippen LogP contribution in [0.3, 0.4) is 0 Å². The number of nitrogens with zero attached hydrogens (tertiary/aromatic N) is 1. The molecule has 0 aliphatic carbocycles. The van der Waals surface area contributed by atoms with E-state index < -0.39 is 12.0 Å². The average molecular weight is 460 g/mol. The quantitative estimate of drug-likeness (QED) is 0.536. The second-order valence-electron chi connectivity index (χ2n) is 8.40. The maximum atomic E-state index is 13.2.